The van der Waals surface area contributed by atoms with Gasteiger partial charge >= 0.3 is 5.97 Å². The summed E-state index contributed by atoms with van der Waals surface area (Å²) in [5, 5.41) is 0. The van der Waals surface area contributed by atoms with Crippen molar-refractivity contribution in [1.82, 2.24) is 0 Å². The zero-order chi connectivity index (χ0) is 8.69. The topological polar surface area (TPSA) is 26.3 Å². The molecule has 0 aromatic heterocycles. The van der Waals surface area contributed by atoms with Crippen molar-refractivity contribution in [2.24, 2.45) is 0 Å². The molecule has 11 heavy (non-hydrogen) atoms. The van der Waals surface area contributed by atoms with Crippen LogP contribution in [-0.2, 0) is 9.53 Å². The average molecular weight is 193 g/mol. The molecule has 0 aromatic rings. The van der Waals surface area contributed by atoms with Crippen LogP contribution in [0.3, 0.4) is 0 Å². The smallest absolute Gasteiger partial charge is 0.339 e. The number of halogens is 2. The van der Waals surface area contributed by atoms with E-state index < -0.39 is 10.8 Å². The van der Waals surface area contributed by atoms with Gasteiger partial charge in [0.15, 0.2) is 0 Å². The zero-order valence-electron chi connectivity index (χ0n) is 5.59. The molecule has 0 spiro atoms. The molecule has 0 aliphatic rings. The van der Waals surface area contributed by atoms with Crippen molar-refractivity contribution in [2.75, 3.05) is 6.61 Å². The van der Waals surface area contributed by atoms with E-state index >= 15 is 0 Å². The summed E-state index contributed by atoms with van der Waals surface area (Å²) in [4.78, 5) is 9.40. The molecule has 0 bridgehead atoms. The first-order valence-corrected chi connectivity index (χ1v) is 3.61. The summed E-state index contributed by atoms with van der Waals surface area (Å²) in [6.45, 7) is 0.0962. The molecule has 0 heterocycles. The zero-order valence-corrected chi connectivity index (χ0v) is 7.10. The van der Waals surface area contributed by atoms with Gasteiger partial charge in [0.05, 0.1) is 0 Å². The first-order chi connectivity index (χ1) is 5.18. The number of hydrogen-bond donors (Lipinski definition) is 0. The van der Waals surface area contributed by atoms with Crippen molar-refractivity contribution in [3.05, 3.63) is 12.2 Å². The molecule has 0 saturated carbocycles. The van der Waals surface area contributed by atoms with Crippen LogP contribution in [0.5, 0.6) is 0 Å². The van der Waals surface area contributed by atoms with Crippen LogP contribution in [0, 0.1) is 12.3 Å². The number of carbonyl (C=O) groups is 1. The highest BCUT2D eigenvalue weighted by atomic mass is 35.5. The van der Waals surface area contributed by atoms with Crippen LogP contribution >= 0.6 is 23.2 Å². The normalized spacial score (nSPS) is 10.0. The summed E-state index contributed by atoms with van der Waals surface area (Å²) < 4.78 is 4.52. The molecule has 0 N–H and O–H groups in total. The molecule has 0 unspecified atom stereocenters. The van der Waals surface area contributed by atoms with Crippen LogP contribution in [0.4, 0.5) is 0 Å². The van der Waals surface area contributed by atoms with Gasteiger partial charge in [0.2, 0.25) is 4.84 Å². The maximum absolute atomic E-state index is 10.5. The van der Waals surface area contributed by atoms with Crippen molar-refractivity contribution in [2.45, 2.75) is 4.84 Å². The summed E-state index contributed by atoms with van der Waals surface area (Å²) in [5.74, 6) is 1.56. The third-order valence-electron chi connectivity index (χ3n) is 0.714. The summed E-state index contributed by atoms with van der Waals surface area (Å²) >= 11 is 10.3. The fourth-order valence-corrected chi connectivity index (χ4v) is 0.435. The Morgan fingerprint density at radius 2 is 2.36 bits per heavy atom. The predicted octanol–water partition coefficient (Wildman–Crippen LogP) is 1.52. The number of carbonyl (C=O) groups excluding carboxylic acids is 1. The molecule has 0 aliphatic carbocycles. The number of alkyl halides is 2. The van der Waals surface area contributed by atoms with Gasteiger partial charge in [-0.3, -0.25) is 0 Å². The van der Waals surface area contributed by atoms with Crippen molar-refractivity contribution < 1.29 is 9.53 Å². The lowest BCUT2D eigenvalue weighted by atomic mass is 10.5. The van der Waals surface area contributed by atoms with E-state index in [9.17, 15) is 4.79 Å². The monoisotopic (exact) mass is 192 g/mol. The van der Waals surface area contributed by atoms with Crippen molar-refractivity contribution >= 4 is 29.2 Å². The van der Waals surface area contributed by atoms with Gasteiger partial charge in [0, 0.05) is 0 Å². The van der Waals surface area contributed by atoms with Gasteiger partial charge in [-0.2, -0.15) is 0 Å². The van der Waals surface area contributed by atoms with E-state index in [0.29, 0.717) is 0 Å². The molecular formula is C7H6Cl2O2. The van der Waals surface area contributed by atoms with Crippen LogP contribution in [-0.4, -0.2) is 17.4 Å². The Morgan fingerprint density at radius 1 is 1.73 bits per heavy atom. The molecule has 2 nitrogen and oxygen atoms in total. The molecule has 0 saturated heterocycles. The lowest BCUT2D eigenvalue weighted by Crippen LogP contribution is -2.11. The first kappa shape index (κ1) is 10.3. The minimum atomic E-state index is -1.13. The number of allylic oxidation sites excluding steroid dienone is 1. The lowest BCUT2D eigenvalue weighted by molar-refractivity contribution is -0.140. The van der Waals surface area contributed by atoms with Gasteiger partial charge in [-0.15, -0.1) is 6.42 Å². The first-order valence-electron chi connectivity index (χ1n) is 2.74. The Balaban J connectivity index is 3.49. The lowest BCUT2D eigenvalue weighted by Gasteiger charge is -1.99. The average Bonchev–Trinajstić information content (AvgIpc) is 1.97. The van der Waals surface area contributed by atoms with E-state index in [1.807, 2.05) is 0 Å². The third kappa shape index (κ3) is 5.78. The maximum atomic E-state index is 10.5. The highest BCUT2D eigenvalue weighted by molar-refractivity contribution is 6.52. The molecule has 0 fully saturated rings. The van der Waals surface area contributed by atoms with Crippen molar-refractivity contribution in [3.8, 4) is 12.3 Å². The number of hydrogen-bond acceptors (Lipinski definition) is 2. The minimum absolute atomic E-state index is 0.0962. The second-order valence-electron chi connectivity index (χ2n) is 1.50. The summed E-state index contributed by atoms with van der Waals surface area (Å²) in [7, 11) is 0. The second-order valence-corrected chi connectivity index (χ2v) is 2.60. The molecule has 0 atom stereocenters. The predicted molar refractivity (Wildman–Crippen MR) is 44.4 cm³/mol. The standard InChI is InChI=1S/C7H6Cl2O2/c1-2-3-4-5-11-7(10)6(8)9/h1,3-4,6H,5H2. The number of ether oxygens (including phenoxy) is 1. The summed E-state index contributed by atoms with van der Waals surface area (Å²) in [6, 6.07) is 0. The number of rotatable bonds is 3. The molecule has 0 rings (SSSR count). The SMILES string of the molecule is C#CC=CCOC(=O)C(Cl)Cl. The highest BCUT2D eigenvalue weighted by Crippen LogP contribution is 2.03. The van der Waals surface area contributed by atoms with Gasteiger partial charge in [0.1, 0.15) is 6.61 Å². The Labute approximate surface area is 75.1 Å². The fourth-order valence-electron chi connectivity index (χ4n) is 0.309. The molecule has 0 amide bonds. The van der Waals surface area contributed by atoms with E-state index in [2.05, 4.69) is 10.7 Å². The Hall–Kier alpha value is -0.650. The summed E-state index contributed by atoms with van der Waals surface area (Å²) in [6.07, 6.45) is 7.81. The number of terminal acetylenes is 1. The molecular weight excluding hydrogens is 187 g/mol. The second kappa shape index (κ2) is 6.09. The Bertz CT molecular complexity index is 191. The quantitative estimate of drug-likeness (QED) is 0.386. The molecule has 0 radical (unpaired) electrons. The summed E-state index contributed by atoms with van der Waals surface area (Å²) in [5.41, 5.74) is 0. The van der Waals surface area contributed by atoms with Crippen LogP contribution in [0.25, 0.3) is 0 Å². The van der Waals surface area contributed by atoms with E-state index in [1.165, 1.54) is 12.2 Å². The molecule has 4 heteroatoms. The minimum Gasteiger partial charge on any atom is -0.459 e. The largest absolute Gasteiger partial charge is 0.459 e. The van der Waals surface area contributed by atoms with Gasteiger partial charge < -0.3 is 4.74 Å². The van der Waals surface area contributed by atoms with E-state index in [-0.39, 0.29) is 6.61 Å². The van der Waals surface area contributed by atoms with Gasteiger partial charge in [-0.05, 0) is 12.2 Å². The Kier molecular flexibility index (Phi) is 5.73. The van der Waals surface area contributed by atoms with Crippen LogP contribution in [0.15, 0.2) is 12.2 Å². The van der Waals surface area contributed by atoms with Crippen LogP contribution < -0.4 is 0 Å². The Morgan fingerprint density at radius 3 is 2.82 bits per heavy atom. The third-order valence-corrected chi connectivity index (χ3v) is 1.07. The van der Waals surface area contributed by atoms with E-state index in [0.717, 1.165) is 0 Å². The van der Waals surface area contributed by atoms with E-state index in [1.54, 1.807) is 0 Å². The van der Waals surface area contributed by atoms with Crippen molar-refractivity contribution in [3.63, 3.8) is 0 Å². The fraction of sp³-hybridized carbons (Fsp3) is 0.286. The van der Waals surface area contributed by atoms with E-state index in [4.69, 9.17) is 29.6 Å². The highest BCUT2D eigenvalue weighted by Gasteiger charge is 2.11. The van der Waals surface area contributed by atoms with Crippen LogP contribution in [0.2, 0.25) is 0 Å². The number of esters is 1. The molecule has 60 valence electrons. The molecule has 0 aromatic carbocycles. The molecule has 0 aliphatic heterocycles. The van der Waals surface area contributed by atoms with Crippen LogP contribution in [0.1, 0.15) is 0 Å². The van der Waals surface area contributed by atoms with Gasteiger partial charge in [-0.1, -0.05) is 29.1 Å². The maximum Gasteiger partial charge on any atom is 0.339 e. The van der Waals surface area contributed by atoms with Gasteiger partial charge in [-0.25, -0.2) is 4.79 Å². The van der Waals surface area contributed by atoms with Gasteiger partial charge in [0.25, 0.3) is 0 Å². The van der Waals surface area contributed by atoms with Crippen molar-refractivity contribution in [1.29, 1.82) is 0 Å².